The molecule has 3 heterocycles. The van der Waals surface area contributed by atoms with Gasteiger partial charge in [-0.2, -0.15) is 0 Å². The number of fused-ring (bicyclic) bond motifs is 3. The fraction of sp³-hybridized carbons (Fsp3) is 0.238. The van der Waals surface area contributed by atoms with Gasteiger partial charge >= 0.3 is 0 Å². The van der Waals surface area contributed by atoms with E-state index in [1.807, 2.05) is 6.20 Å². The van der Waals surface area contributed by atoms with Crippen LogP contribution in [0.15, 0.2) is 47.0 Å². The lowest BCUT2D eigenvalue weighted by molar-refractivity contribution is 0.648. The number of aromatic nitrogens is 2. The van der Waals surface area contributed by atoms with Crippen molar-refractivity contribution < 1.29 is 4.42 Å². The van der Waals surface area contributed by atoms with Crippen LogP contribution < -0.4 is 0 Å². The fourth-order valence-electron chi connectivity index (χ4n) is 2.99. The topological polar surface area (TPSA) is 38.9 Å². The Morgan fingerprint density at radius 3 is 2.54 bits per heavy atom. The van der Waals surface area contributed by atoms with Crippen molar-refractivity contribution in [1.82, 2.24) is 9.97 Å². The standard InChI is InChI=1S/C21H20N2O/c1-12(2)18-9-8-16-15-6-5-7-17(20(15)24-21(16)23-18)19-10-13(3)14(4)11-22-19/h5-12H,1-4H3. The van der Waals surface area contributed by atoms with E-state index in [4.69, 9.17) is 9.40 Å². The number of hydrogen-bond acceptors (Lipinski definition) is 3. The van der Waals surface area contributed by atoms with Crippen LogP contribution in [-0.4, -0.2) is 9.97 Å². The molecule has 0 radical (unpaired) electrons. The predicted octanol–water partition coefficient (Wildman–Crippen LogP) is 5.78. The molecule has 0 bridgehead atoms. The molecule has 4 aromatic rings. The number of benzene rings is 1. The van der Waals surface area contributed by atoms with Crippen molar-refractivity contribution in [3.05, 3.63) is 59.4 Å². The Morgan fingerprint density at radius 2 is 1.79 bits per heavy atom. The zero-order valence-corrected chi connectivity index (χ0v) is 14.4. The summed E-state index contributed by atoms with van der Waals surface area (Å²) in [5, 5.41) is 2.14. The van der Waals surface area contributed by atoms with Crippen molar-refractivity contribution in [2.75, 3.05) is 0 Å². The lowest BCUT2D eigenvalue weighted by Gasteiger charge is -2.05. The van der Waals surface area contributed by atoms with Gasteiger partial charge in [0.1, 0.15) is 5.58 Å². The molecule has 0 atom stereocenters. The first-order valence-corrected chi connectivity index (χ1v) is 8.30. The molecule has 0 aliphatic rings. The van der Waals surface area contributed by atoms with Gasteiger partial charge in [-0.25, -0.2) is 4.98 Å². The Bertz CT molecular complexity index is 1060. The summed E-state index contributed by atoms with van der Waals surface area (Å²) in [6.45, 7) is 8.46. The van der Waals surface area contributed by atoms with E-state index in [9.17, 15) is 0 Å². The van der Waals surface area contributed by atoms with Crippen molar-refractivity contribution in [2.45, 2.75) is 33.6 Å². The minimum atomic E-state index is 0.378. The molecule has 3 nitrogen and oxygen atoms in total. The van der Waals surface area contributed by atoms with Gasteiger partial charge in [0.2, 0.25) is 5.71 Å². The highest BCUT2D eigenvalue weighted by molar-refractivity contribution is 6.08. The van der Waals surface area contributed by atoms with Crippen LogP contribution in [0.1, 0.15) is 36.6 Å². The molecule has 0 fully saturated rings. The summed E-state index contributed by atoms with van der Waals surface area (Å²) in [6.07, 6.45) is 1.92. The minimum absolute atomic E-state index is 0.378. The Kier molecular flexibility index (Phi) is 3.38. The first-order valence-electron chi connectivity index (χ1n) is 8.30. The van der Waals surface area contributed by atoms with Gasteiger partial charge < -0.3 is 4.42 Å². The Balaban J connectivity index is 1.99. The van der Waals surface area contributed by atoms with E-state index < -0.39 is 0 Å². The third kappa shape index (κ3) is 2.28. The predicted molar refractivity (Wildman–Crippen MR) is 98.3 cm³/mol. The molecule has 3 aromatic heterocycles. The Morgan fingerprint density at radius 1 is 0.958 bits per heavy atom. The van der Waals surface area contributed by atoms with Gasteiger partial charge in [-0.05, 0) is 55.2 Å². The van der Waals surface area contributed by atoms with Crippen LogP contribution >= 0.6 is 0 Å². The molecular formula is C21H20N2O. The minimum Gasteiger partial charge on any atom is -0.437 e. The number of furan rings is 1. The van der Waals surface area contributed by atoms with Crippen molar-refractivity contribution in [1.29, 1.82) is 0 Å². The van der Waals surface area contributed by atoms with Gasteiger partial charge in [0, 0.05) is 28.2 Å². The van der Waals surface area contributed by atoms with E-state index >= 15 is 0 Å². The second-order valence-electron chi connectivity index (χ2n) is 6.68. The second-order valence-corrected chi connectivity index (χ2v) is 6.68. The molecule has 0 spiro atoms. The maximum absolute atomic E-state index is 6.15. The summed E-state index contributed by atoms with van der Waals surface area (Å²) in [6, 6.07) is 12.5. The van der Waals surface area contributed by atoms with Crippen LogP contribution in [0.5, 0.6) is 0 Å². The van der Waals surface area contributed by atoms with Gasteiger partial charge in [0.25, 0.3) is 0 Å². The van der Waals surface area contributed by atoms with Gasteiger partial charge in [0.05, 0.1) is 5.69 Å². The third-order valence-electron chi connectivity index (χ3n) is 4.63. The molecule has 0 saturated carbocycles. The summed E-state index contributed by atoms with van der Waals surface area (Å²) >= 11 is 0. The van der Waals surface area contributed by atoms with Gasteiger partial charge in [-0.1, -0.05) is 26.0 Å². The molecule has 0 unspecified atom stereocenters. The zero-order valence-electron chi connectivity index (χ0n) is 14.4. The number of nitrogens with zero attached hydrogens (tertiary/aromatic N) is 2. The monoisotopic (exact) mass is 316 g/mol. The number of aryl methyl sites for hydroxylation is 2. The smallest absolute Gasteiger partial charge is 0.227 e. The third-order valence-corrected chi connectivity index (χ3v) is 4.63. The molecule has 0 saturated heterocycles. The summed E-state index contributed by atoms with van der Waals surface area (Å²) < 4.78 is 6.15. The van der Waals surface area contributed by atoms with Crippen molar-refractivity contribution in [2.24, 2.45) is 0 Å². The van der Waals surface area contributed by atoms with Crippen LogP contribution in [0.2, 0.25) is 0 Å². The second kappa shape index (κ2) is 5.45. The molecule has 1 aromatic carbocycles. The first-order chi connectivity index (χ1) is 11.5. The summed E-state index contributed by atoms with van der Waals surface area (Å²) in [5.41, 5.74) is 6.98. The quantitative estimate of drug-likeness (QED) is 0.470. The Hall–Kier alpha value is -2.68. The summed E-state index contributed by atoms with van der Waals surface area (Å²) in [5.74, 6) is 0.378. The van der Waals surface area contributed by atoms with Crippen molar-refractivity contribution >= 4 is 22.1 Å². The fourth-order valence-corrected chi connectivity index (χ4v) is 2.99. The van der Waals surface area contributed by atoms with Crippen LogP contribution in [0, 0.1) is 13.8 Å². The molecule has 0 aliphatic heterocycles. The first kappa shape index (κ1) is 14.9. The molecule has 3 heteroatoms. The molecule has 4 rings (SSSR count). The highest BCUT2D eigenvalue weighted by Gasteiger charge is 2.15. The molecule has 0 amide bonds. The molecule has 24 heavy (non-hydrogen) atoms. The van der Waals surface area contributed by atoms with E-state index in [1.54, 1.807) is 0 Å². The summed E-state index contributed by atoms with van der Waals surface area (Å²) in [4.78, 5) is 9.29. The highest BCUT2D eigenvalue weighted by Crippen LogP contribution is 2.35. The van der Waals surface area contributed by atoms with E-state index in [1.165, 1.54) is 11.1 Å². The van der Waals surface area contributed by atoms with Crippen molar-refractivity contribution in [3.63, 3.8) is 0 Å². The number of pyridine rings is 2. The average Bonchev–Trinajstić information content (AvgIpc) is 2.95. The maximum atomic E-state index is 6.15. The van der Waals surface area contributed by atoms with E-state index in [2.05, 4.69) is 69.1 Å². The van der Waals surface area contributed by atoms with Crippen LogP contribution in [0.4, 0.5) is 0 Å². The number of para-hydroxylation sites is 1. The van der Waals surface area contributed by atoms with Crippen molar-refractivity contribution in [3.8, 4) is 11.3 Å². The van der Waals surface area contributed by atoms with Crippen LogP contribution in [0.25, 0.3) is 33.3 Å². The number of rotatable bonds is 2. The van der Waals surface area contributed by atoms with Gasteiger partial charge in [0.15, 0.2) is 0 Å². The zero-order chi connectivity index (χ0) is 16.8. The van der Waals surface area contributed by atoms with E-state index in [0.29, 0.717) is 11.6 Å². The van der Waals surface area contributed by atoms with E-state index in [0.717, 1.165) is 33.3 Å². The highest BCUT2D eigenvalue weighted by atomic mass is 16.3. The normalized spacial score (nSPS) is 11.7. The average molecular weight is 316 g/mol. The molecule has 0 N–H and O–H groups in total. The van der Waals surface area contributed by atoms with Gasteiger partial charge in [-0.15, -0.1) is 0 Å². The molecule has 120 valence electrons. The van der Waals surface area contributed by atoms with E-state index in [-0.39, 0.29) is 0 Å². The maximum Gasteiger partial charge on any atom is 0.227 e. The largest absolute Gasteiger partial charge is 0.437 e. The summed E-state index contributed by atoms with van der Waals surface area (Å²) in [7, 11) is 0. The molecule has 0 aliphatic carbocycles. The lowest BCUT2D eigenvalue weighted by atomic mass is 10.0. The van der Waals surface area contributed by atoms with Gasteiger partial charge in [-0.3, -0.25) is 4.98 Å². The molecular weight excluding hydrogens is 296 g/mol. The number of hydrogen-bond donors (Lipinski definition) is 0. The SMILES string of the molecule is Cc1cnc(-c2cccc3c2oc2nc(C(C)C)ccc23)cc1C. The van der Waals surface area contributed by atoms with Crippen LogP contribution in [-0.2, 0) is 0 Å². The lowest BCUT2D eigenvalue weighted by Crippen LogP contribution is -1.90. The Labute approximate surface area is 141 Å². The van der Waals surface area contributed by atoms with Crippen LogP contribution in [0.3, 0.4) is 0 Å².